The van der Waals surface area contributed by atoms with Crippen LogP contribution in [0.5, 0.6) is 0 Å². The lowest BCUT2D eigenvalue weighted by atomic mass is 10.0. The molecule has 1 aliphatic rings. The fourth-order valence-electron chi connectivity index (χ4n) is 2.84. The highest BCUT2D eigenvalue weighted by atomic mass is 35.5. The summed E-state index contributed by atoms with van der Waals surface area (Å²) in [5, 5.41) is 3.84. The van der Waals surface area contributed by atoms with Crippen LogP contribution >= 0.6 is 23.2 Å². The predicted octanol–water partition coefficient (Wildman–Crippen LogP) is 3.65. The number of nitrogens with one attached hydrogen (secondary N) is 1. The molecule has 24 heavy (non-hydrogen) atoms. The number of benzene rings is 1. The normalized spacial score (nSPS) is 15.2. The Bertz CT molecular complexity index is 597. The SMILES string of the molecule is CCN(CC)C(=O)N1CCC(NC(=O)c2cc(Cl)ccc2Cl)CC1. The first-order valence-corrected chi connectivity index (χ1v) is 9.01. The van der Waals surface area contributed by atoms with Gasteiger partial charge < -0.3 is 15.1 Å². The third-order valence-corrected chi connectivity index (χ3v) is 4.87. The van der Waals surface area contributed by atoms with Gasteiger partial charge in [0.2, 0.25) is 0 Å². The molecule has 7 heteroatoms. The molecule has 3 amide bonds. The smallest absolute Gasteiger partial charge is 0.319 e. The summed E-state index contributed by atoms with van der Waals surface area (Å²) >= 11 is 12.0. The number of urea groups is 1. The molecule has 1 N–H and O–H groups in total. The molecule has 1 aromatic carbocycles. The lowest BCUT2D eigenvalue weighted by Crippen LogP contribution is -2.50. The molecule has 132 valence electrons. The number of carbonyl (C=O) groups excluding carboxylic acids is 2. The number of nitrogens with zero attached hydrogens (tertiary/aromatic N) is 2. The summed E-state index contributed by atoms with van der Waals surface area (Å²) in [5.74, 6) is -0.226. The molecule has 5 nitrogen and oxygen atoms in total. The van der Waals surface area contributed by atoms with Crippen molar-refractivity contribution in [3.8, 4) is 0 Å². The van der Waals surface area contributed by atoms with E-state index in [1.54, 1.807) is 18.2 Å². The Morgan fingerprint density at radius 3 is 2.42 bits per heavy atom. The van der Waals surface area contributed by atoms with E-state index in [2.05, 4.69) is 5.32 Å². The maximum absolute atomic E-state index is 12.4. The van der Waals surface area contributed by atoms with E-state index in [1.165, 1.54) is 0 Å². The molecule has 1 saturated heterocycles. The number of carbonyl (C=O) groups is 2. The summed E-state index contributed by atoms with van der Waals surface area (Å²) in [7, 11) is 0. The lowest BCUT2D eigenvalue weighted by Gasteiger charge is -2.35. The predicted molar refractivity (Wildman–Crippen MR) is 96.8 cm³/mol. The Balaban J connectivity index is 1.90. The molecule has 1 heterocycles. The van der Waals surface area contributed by atoms with Gasteiger partial charge in [0.25, 0.3) is 5.91 Å². The molecular formula is C17H23Cl2N3O2. The average molecular weight is 372 g/mol. The number of amides is 3. The van der Waals surface area contributed by atoms with Crippen LogP contribution in [-0.4, -0.2) is 54.0 Å². The van der Waals surface area contributed by atoms with Gasteiger partial charge in [-0.05, 0) is 44.9 Å². The van der Waals surface area contributed by atoms with Crippen LogP contribution < -0.4 is 5.32 Å². The first-order valence-electron chi connectivity index (χ1n) is 8.26. The number of likely N-dealkylation sites (tertiary alicyclic amines) is 1. The van der Waals surface area contributed by atoms with E-state index in [-0.39, 0.29) is 18.0 Å². The van der Waals surface area contributed by atoms with Crippen molar-refractivity contribution in [2.75, 3.05) is 26.2 Å². The summed E-state index contributed by atoms with van der Waals surface area (Å²) in [4.78, 5) is 28.3. The largest absolute Gasteiger partial charge is 0.349 e. The third kappa shape index (κ3) is 4.54. The molecular weight excluding hydrogens is 349 g/mol. The minimum absolute atomic E-state index is 0.0355. The molecule has 0 unspecified atom stereocenters. The topological polar surface area (TPSA) is 52.7 Å². The quantitative estimate of drug-likeness (QED) is 0.877. The van der Waals surface area contributed by atoms with E-state index in [1.807, 2.05) is 23.6 Å². The van der Waals surface area contributed by atoms with Crippen LogP contribution in [0.4, 0.5) is 4.79 Å². The van der Waals surface area contributed by atoms with Crippen LogP contribution in [0.1, 0.15) is 37.0 Å². The van der Waals surface area contributed by atoms with Crippen molar-refractivity contribution in [1.82, 2.24) is 15.1 Å². The van der Waals surface area contributed by atoms with Gasteiger partial charge in [-0.3, -0.25) is 4.79 Å². The first-order chi connectivity index (χ1) is 11.5. The van der Waals surface area contributed by atoms with Gasteiger partial charge in [-0.1, -0.05) is 23.2 Å². The molecule has 0 aromatic heterocycles. The van der Waals surface area contributed by atoms with E-state index in [9.17, 15) is 9.59 Å². The molecule has 1 aromatic rings. The molecule has 1 fully saturated rings. The van der Waals surface area contributed by atoms with Gasteiger partial charge in [-0.25, -0.2) is 4.79 Å². The highest BCUT2D eigenvalue weighted by molar-refractivity contribution is 6.35. The van der Waals surface area contributed by atoms with Crippen molar-refractivity contribution >= 4 is 35.1 Å². The summed E-state index contributed by atoms with van der Waals surface area (Å²) in [6.07, 6.45) is 1.47. The second-order valence-electron chi connectivity index (χ2n) is 5.81. The maximum atomic E-state index is 12.4. The Kier molecular flexibility index (Phi) is 6.75. The maximum Gasteiger partial charge on any atom is 0.319 e. The molecule has 1 aliphatic heterocycles. The van der Waals surface area contributed by atoms with E-state index in [4.69, 9.17) is 23.2 Å². The Morgan fingerprint density at radius 2 is 1.83 bits per heavy atom. The minimum atomic E-state index is -0.226. The van der Waals surface area contributed by atoms with E-state index < -0.39 is 0 Å². The fraction of sp³-hybridized carbons (Fsp3) is 0.529. The molecule has 0 radical (unpaired) electrons. The molecule has 0 bridgehead atoms. The summed E-state index contributed by atoms with van der Waals surface area (Å²) in [6.45, 7) is 6.65. The van der Waals surface area contributed by atoms with Gasteiger partial charge in [-0.2, -0.15) is 0 Å². The molecule has 0 atom stereocenters. The van der Waals surface area contributed by atoms with Gasteiger partial charge in [0.05, 0.1) is 10.6 Å². The number of rotatable bonds is 4. The second-order valence-corrected chi connectivity index (χ2v) is 6.66. The van der Waals surface area contributed by atoms with Crippen molar-refractivity contribution in [3.05, 3.63) is 33.8 Å². The summed E-state index contributed by atoms with van der Waals surface area (Å²) < 4.78 is 0. The molecule has 0 spiro atoms. The lowest BCUT2D eigenvalue weighted by molar-refractivity contribution is 0.0912. The van der Waals surface area contributed by atoms with Gasteiger partial charge in [-0.15, -0.1) is 0 Å². The number of piperidine rings is 1. The Morgan fingerprint density at radius 1 is 1.21 bits per heavy atom. The minimum Gasteiger partial charge on any atom is -0.349 e. The monoisotopic (exact) mass is 371 g/mol. The van der Waals surface area contributed by atoms with E-state index in [0.29, 0.717) is 41.8 Å². The van der Waals surface area contributed by atoms with Crippen LogP contribution in [0, 0.1) is 0 Å². The summed E-state index contributed by atoms with van der Waals surface area (Å²) in [5.41, 5.74) is 0.380. The fourth-order valence-corrected chi connectivity index (χ4v) is 3.22. The van der Waals surface area contributed by atoms with E-state index >= 15 is 0 Å². The van der Waals surface area contributed by atoms with Crippen molar-refractivity contribution < 1.29 is 9.59 Å². The van der Waals surface area contributed by atoms with Gasteiger partial charge in [0, 0.05) is 37.2 Å². The zero-order valence-corrected chi connectivity index (χ0v) is 15.5. The number of hydrogen-bond donors (Lipinski definition) is 1. The molecule has 2 rings (SSSR count). The van der Waals surface area contributed by atoms with Gasteiger partial charge >= 0.3 is 6.03 Å². The van der Waals surface area contributed by atoms with Crippen molar-refractivity contribution in [3.63, 3.8) is 0 Å². The van der Waals surface area contributed by atoms with Crippen molar-refractivity contribution in [2.45, 2.75) is 32.7 Å². The molecule has 0 saturated carbocycles. The highest BCUT2D eigenvalue weighted by Gasteiger charge is 2.26. The van der Waals surface area contributed by atoms with Gasteiger partial charge in [0.15, 0.2) is 0 Å². The van der Waals surface area contributed by atoms with E-state index in [0.717, 1.165) is 12.8 Å². The zero-order chi connectivity index (χ0) is 17.7. The van der Waals surface area contributed by atoms with Crippen LogP contribution in [0.25, 0.3) is 0 Å². The first kappa shape index (κ1) is 18.9. The standard InChI is InChI=1S/C17H23Cl2N3O2/c1-3-21(4-2)17(24)22-9-7-13(8-10-22)20-16(23)14-11-12(18)5-6-15(14)19/h5-6,11,13H,3-4,7-10H2,1-2H3,(H,20,23). The third-order valence-electron chi connectivity index (χ3n) is 4.31. The van der Waals surface area contributed by atoms with Crippen LogP contribution in [0.2, 0.25) is 10.0 Å². The van der Waals surface area contributed by atoms with Gasteiger partial charge in [0.1, 0.15) is 0 Å². The van der Waals surface area contributed by atoms with Crippen LogP contribution in [0.15, 0.2) is 18.2 Å². The van der Waals surface area contributed by atoms with Crippen molar-refractivity contribution in [1.29, 1.82) is 0 Å². The number of hydrogen-bond acceptors (Lipinski definition) is 2. The number of halogens is 2. The zero-order valence-electron chi connectivity index (χ0n) is 14.0. The molecule has 0 aliphatic carbocycles. The highest BCUT2D eigenvalue weighted by Crippen LogP contribution is 2.21. The Hall–Kier alpha value is -1.46. The summed E-state index contributed by atoms with van der Waals surface area (Å²) in [6, 6.07) is 4.94. The Labute approximate surface area is 152 Å². The average Bonchev–Trinajstić information content (AvgIpc) is 2.58. The van der Waals surface area contributed by atoms with Crippen LogP contribution in [-0.2, 0) is 0 Å². The van der Waals surface area contributed by atoms with Crippen molar-refractivity contribution in [2.24, 2.45) is 0 Å². The second kappa shape index (κ2) is 8.58. The van der Waals surface area contributed by atoms with Crippen LogP contribution in [0.3, 0.4) is 0 Å².